The average Bonchev–Trinajstić information content (AvgIpc) is 3.14. The molecule has 0 aliphatic rings. The van der Waals surface area contributed by atoms with Crippen molar-refractivity contribution in [2.45, 2.75) is 0 Å². The van der Waals surface area contributed by atoms with Crippen molar-refractivity contribution in [3.05, 3.63) is 78.6 Å². The molecule has 2 aromatic carbocycles. The molecule has 23 heavy (non-hydrogen) atoms. The highest BCUT2D eigenvalue weighted by molar-refractivity contribution is 6.00. The lowest BCUT2D eigenvalue weighted by molar-refractivity contribution is 0.0947. The summed E-state index contributed by atoms with van der Waals surface area (Å²) in [5.74, 6) is 1.32. The van der Waals surface area contributed by atoms with Crippen molar-refractivity contribution in [1.29, 1.82) is 0 Å². The summed E-state index contributed by atoms with van der Waals surface area (Å²) < 4.78 is 11.0. The first-order chi connectivity index (χ1) is 11.3. The van der Waals surface area contributed by atoms with Gasteiger partial charge in [0.2, 0.25) is 0 Å². The lowest BCUT2D eigenvalue weighted by atomic mass is 10.0. The van der Waals surface area contributed by atoms with E-state index in [1.165, 1.54) is 0 Å². The maximum atomic E-state index is 12.4. The zero-order valence-corrected chi connectivity index (χ0v) is 12.6. The van der Waals surface area contributed by atoms with Crippen LogP contribution in [0.25, 0.3) is 11.3 Å². The zero-order valence-electron chi connectivity index (χ0n) is 12.6. The largest absolute Gasteiger partial charge is 0.492 e. The smallest absolute Gasteiger partial charge is 0.252 e. The van der Waals surface area contributed by atoms with Gasteiger partial charge in [-0.3, -0.25) is 4.79 Å². The molecule has 3 aromatic rings. The number of furan rings is 1. The highest BCUT2D eigenvalue weighted by Gasteiger charge is 2.13. The zero-order chi connectivity index (χ0) is 15.9. The summed E-state index contributed by atoms with van der Waals surface area (Å²) in [5.41, 5.74) is 1.36. The summed E-state index contributed by atoms with van der Waals surface area (Å²) in [7, 11) is 0. The molecule has 0 bridgehead atoms. The summed E-state index contributed by atoms with van der Waals surface area (Å²) in [6.45, 7) is 0.846. The van der Waals surface area contributed by atoms with Crippen LogP contribution in [0.5, 0.6) is 5.75 Å². The lowest BCUT2D eigenvalue weighted by Gasteiger charge is -2.10. The molecule has 0 fully saturated rings. The van der Waals surface area contributed by atoms with E-state index in [4.69, 9.17) is 9.15 Å². The number of hydrogen-bond acceptors (Lipinski definition) is 3. The Kier molecular flexibility index (Phi) is 4.74. The monoisotopic (exact) mass is 307 g/mol. The van der Waals surface area contributed by atoms with Gasteiger partial charge in [-0.2, -0.15) is 0 Å². The van der Waals surface area contributed by atoms with Gasteiger partial charge in [-0.05, 0) is 30.3 Å². The summed E-state index contributed by atoms with van der Waals surface area (Å²) in [6.07, 6.45) is 1.59. The van der Waals surface area contributed by atoms with Crippen molar-refractivity contribution in [3.63, 3.8) is 0 Å². The molecule has 0 aliphatic heterocycles. The Morgan fingerprint density at radius 1 is 0.957 bits per heavy atom. The molecule has 3 rings (SSSR count). The molecule has 0 atom stereocenters. The third-order valence-electron chi connectivity index (χ3n) is 3.36. The second-order valence-corrected chi connectivity index (χ2v) is 4.94. The Bertz CT molecular complexity index is 751. The van der Waals surface area contributed by atoms with E-state index in [2.05, 4.69) is 5.32 Å². The fourth-order valence-corrected chi connectivity index (χ4v) is 2.27. The molecule has 4 nitrogen and oxygen atoms in total. The molecule has 1 amide bonds. The van der Waals surface area contributed by atoms with Crippen LogP contribution in [0.4, 0.5) is 0 Å². The number of benzene rings is 2. The van der Waals surface area contributed by atoms with Crippen molar-refractivity contribution in [3.8, 4) is 17.1 Å². The molecule has 0 radical (unpaired) electrons. The van der Waals surface area contributed by atoms with E-state index in [9.17, 15) is 4.79 Å². The Morgan fingerprint density at radius 2 is 1.74 bits per heavy atom. The van der Waals surface area contributed by atoms with E-state index < -0.39 is 0 Å². The quantitative estimate of drug-likeness (QED) is 0.706. The third kappa shape index (κ3) is 3.80. The molecule has 0 unspecified atom stereocenters. The van der Waals surface area contributed by atoms with Gasteiger partial charge < -0.3 is 14.5 Å². The van der Waals surface area contributed by atoms with E-state index in [0.29, 0.717) is 24.5 Å². The first kappa shape index (κ1) is 14.9. The highest BCUT2D eigenvalue weighted by atomic mass is 16.5. The number of para-hydroxylation sites is 1. The van der Waals surface area contributed by atoms with Crippen LogP contribution in [0.1, 0.15) is 10.4 Å². The second-order valence-electron chi connectivity index (χ2n) is 4.94. The van der Waals surface area contributed by atoms with Gasteiger partial charge in [0.05, 0.1) is 18.4 Å². The first-order valence-corrected chi connectivity index (χ1v) is 7.43. The van der Waals surface area contributed by atoms with Gasteiger partial charge in [0.25, 0.3) is 5.91 Å². The fraction of sp³-hybridized carbons (Fsp3) is 0.105. The molecule has 1 aromatic heterocycles. The molecule has 116 valence electrons. The third-order valence-corrected chi connectivity index (χ3v) is 3.36. The van der Waals surface area contributed by atoms with Gasteiger partial charge in [0, 0.05) is 5.56 Å². The number of nitrogens with one attached hydrogen (secondary N) is 1. The summed E-state index contributed by atoms with van der Waals surface area (Å²) >= 11 is 0. The molecule has 1 N–H and O–H groups in total. The van der Waals surface area contributed by atoms with Crippen LogP contribution in [-0.2, 0) is 0 Å². The molecular weight excluding hydrogens is 290 g/mol. The number of hydrogen-bond donors (Lipinski definition) is 1. The van der Waals surface area contributed by atoms with Gasteiger partial charge in [0.15, 0.2) is 0 Å². The van der Waals surface area contributed by atoms with Gasteiger partial charge in [-0.1, -0.05) is 36.4 Å². The van der Waals surface area contributed by atoms with E-state index in [0.717, 1.165) is 11.3 Å². The lowest BCUT2D eigenvalue weighted by Crippen LogP contribution is -2.28. The van der Waals surface area contributed by atoms with Crippen LogP contribution < -0.4 is 10.1 Å². The van der Waals surface area contributed by atoms with Gasteiger partial charge in [0.1, 0.15) is 18.1 Å². The topological polar surface area (TPSA) is 51.5 Å². The minimum absolute atomic E-state index is 0.145. The SMILES string of the molecule is O=C(NCCOc1ccccc1)c1ccccc1-c1ccco1. The second kappa shape index (κ2) is 7.31. The Hall–Kier alpha value is -3.01. The van der Waals surface area contributed by atoms with Crippen molar-refractivity contribution in [2.75, 3.05) is 13.2 Å². The molecule has 1 heterocycles. The summed E-state index contributed by atoms with van der Waals surface area (Å²) in [4.78, 5) is 12.4. The van der Waals surface area contributed by atoms with E-state index in [1.807, 2.05) is 54.6 Å². The van der Waals surface area contributed by atoms with E-state index in [1.54, 1.807) is 18.4 Å². The van der Waals surface area contributed by atoms with Gasteiger partial charge >= 0.3 is 0 Å². The molecular formula is C19H17NO3. The van der Waals surface area contributed by atoms with Crippen LogP contribution in [0.3, 0.4) is 0 Å². The molecule has 4 heteroatoms. The molecule has 0 saturated carbocycles. The van der Waals surface area contributed by atoms with Crippen molar-refractivity contribution in [1.82, 2.24) is 5.32 Å². The van der Waals surface area contributed by atoms with Crippen molar-refractivity contribution < 1.29 is 13.9 Å². The minimum Gasteiger partial charge on any atom is -0.492 e. The van der Waals surface area contributed by atoms with Crippen molar-refractivity contribution >= 4 is 5.91 Å². The number of ether oxygens (including phenoxy) is 1. The van der Waals surface area contributed by atoms with Gasteiger partial charge in [-0.15, -0.1) is 0 Å². The fourth-order valence-electron chi connectivity index (χ4n) is 2.27. The maximum Gasteiger partial charge on any atom is 0.252 e. The Labute approximate surface area is 134 Å². The number of carbonyl (C=O) groups is 1. The maximum absolute atomic E-state index is 12.4. The average molecular weight is 307 g/mol. The summed E-state index contributed by atoms with van der Waals surface area (Å²) in [5, 5.41) is 2.87. The van der Waals surface area contributed by atoms with Crippen LogP contribution in [-0.4, -0.2) is 19.1 Å². The van der Waals surface area contributed by atoms with E-state index >= 15 is 0 Å². The Morgan fingerprint density at radius 3 is 2.52 bits per heavy atom. The predicted molar refractivity (Wildman–Crippen MR) is 88.4 cm³/mol. The number of carbonyl (C=O) groups excluding carboxylic acids is 1. The van der Waals surface area contributed by atoms with Crippen LogP contribution >= 0.6 is 0 Å². The molecule has 0 aliphatic carbocycles. The minimum atomic E-state index is -0.145. The number of amides is 1. The first-order valence-electron chi connectivity index (χ1n) is 7.43. The van der Waals surface area contributed by atoms with Crippen LogP contribution in [0.15, 0.2) is 77.4 Å². The number of rotatable bonds is 6. The Balaban J connectivity index is 1.59. The van der Waals surface area contributed by atoms with Crippen LogP contribution in [0, 0.1) is 0 Å². The highest BCUT2D eigenvalue weighted by Crippen LogP contribution is 2.23. The normalized spacial score (nSPS) is 10.3. The van der Waals surface area contributed by atoms with Crippen LogP contribution in [0.2, 0.25) is 0 Å². The van der Waals surface area contributed by atoms with Crippen molar-refractivity contribution in [2.24, 2.45) is 0 Å². The molecule has 0 spiro atoms. The van der Waals surface area contributed by atoms with Gasteiger partial charge in [-0.25, -0.2) is 0 Å². The predicted octanol–water partition coefficient (Wildman–Crippen LogP) is 3.76. The summed E-state index contributed by atoms with van der Waals surface area (Å²) in [6, 6.07) is 20.5. The van der Waals surface area contributed by atoms with E-state index in [-0.39, 0.29) is 5.91 Å². The standard InChI is InChI=1S/C19H17NO3/c21-19(20-12-14-22-15-7-2-1-3-8-15)17-10-5-4-9-16(17)18-11-6-13-23-18/h1-11,13H,12,14H2,(H,20,21). The molecule has 0 saturated heterocycles.